The number of fused-ring (bicyclic) bond motifs is 1. The molecule has 0 amide bonds. The van der Waals surface area contributed by atoms with Crippen molar-refractivity contribution in [2.45, 2.75) is 45.3 Å². The molecule has 0 fully saturated rings. The largest absolute Gasteiger partial charge is 0.474 e. The van der Waals surface area contributed by atoms with Gasteiger partial charge in [0.2, 0.25) is 5.88 Å². The molecule has 2 rings (SSSR count). The Morgan fingerprint density at radius 2 is 2.07 bits per heavy atom. The first-order valence-corrected chi connectivity index (χ1v) is 10.9. The summed E-state index contributed by atoms with van der Waals surface area (Å²) in [6.45, 7) is 5.53. The molecule has 0 spiro atoms. The molecule has 2 aromatic rings. The highest BCUT2D eigenvalue weighted by Crippen LogP contribution is 2.37. The van der Waals surface area contributed by atoms with Crippen LogP contribution >= 0.6 is 11.6 Å². The Hall–Kier alpha value is -2.09. The van der Waals surface area contributed by atoms with Crippen LogP contribution in [-0.2, 0) is 15.4 Å². The van der Waals surface area contributed by atoms with Crippen molar-refractivity contribution in [2.75, 3.05) is 12.0 Å². The zero-order valence-corrected chi connectivity index (χ0v) is 17.3. The van der Waals surface area contributed by atoms with E-state index in [2.05, 4.69) is 20.0 Å². The van der Waals surface area contributed by atoms with Crippen molar-refractivity contribution in [3.63, 3.8) is 0 Å². The summed E-state index contributed by atoms with van der Waals surface area (Å²) in [6.07, 6.45) is 4.91. The van der Waals surface area contributed by atoms with E-state index >= 15 is 0 Å². The molecule has 2 heterocycles. The lowest BCUT2D eigenvalue weighted by Gasteiger charge is -2.25. The van der Waals surface area contributed by atoms with Crippen molar-refractivity contribution >= 4 is 32.2 Å². The fourth-order valence-electron chi connectivity index (χ4n) is 2.65. The van der Waals surface area contributed by atoms with E-state index < -0.39 is 15.4 Å². The summed E-state index contributed by atoms with van der Waals surface area (Å²) < 4.78 is 28.6. The highest BCUT2D eigenvalue weighted by atomic mass is 35.5. The first-order valence-electron chi connectivity index (χ1n) is 8.45. The van der Waals surface area contributed by atoms with Gasteiger partial charge < -0.3 is 4.74 Å². The van der Waals surface area contributed by atoms with Gasteiger partial charge in [0.1, 0.15) is 15.0 Å². The molecule has 146 valence electrons. The van der Waals surface area contributed by atoms with Crippen LogP contribution in [0.25, 0.3) is 21.2 Å². The summed E-state index contributed by atoms with van der Waals surface area (Å²) in [7, 11) is -3.07. The first kappa shape index (κ1) is 21.2. The van der Waals surface area contributed by atoms with E-state index in [0.29, 0.717) is 29.3 Å². The average molecular weight is 412 g/mol. The van der Waals surface area contributed by atoms with Crippen molar-refractivity contribution in [2.24, 2.45) is 5.11 Å². The van der Waals surface area contributed by atoms with Crippen LogP contribution in [0.15, 0.2) is 23.6 Å². The van der Waals surface area contributed by atoms with E-state index in [4.69, 9.17) is 21.9 Å². The molecule has 10 heteroatoms. The number of ether oxygens (including phenoxy) is 1. The third-order valence-electron chi connectivity index (χ3n) is 4.44. The number of pyridine rings is 2. The number of azide groups is 1. The second-order valence-corrected chi connectivity index (χ2v) is 9.34. The zero-order chi connectivity index (χ0) is 20.2. The van der Waals surface area contributed by atoms with E-state index in [0.717, 1.165) is 10.9 Å². The molecule has 2 aromatic heterocycles. The Labute approximate surface area is 163 Å². The van der Waals surface area contributed by atoms with Gasteiger partial charge in [-0.1, -0.05) is 23.6 Å². The topological polar surface area (TPSA) is 118 Å². The van der Waals surface area contributed by atoms with Gasteiger partial charge in [-0.15, -0.1) is 0 Å². The molecule has 0 saturated heterocycles. The van der Waals surface area contributed by atoms with Gasteiger partial charge in [0.05, 0.1) is 22.8 Å². The highest BCUT2D eigenvalue weighted by Gasteiger charge is 2.27. The van der Waals surface area contributed by atoms with Crippen LogP contribution in [0.2, 0.25) is 5.15 Å². The maximum absolute atomic E-state index is 11.4. The smallest absolute Gasteiger partial charge is 0.223 e. The number of halogens is 1. The molecule has 0 aliphatic rings. The number of hydrogen-bond acceptors (Lipinski definition) is 6. The molecule has 2 atom stereocenters. The minimum Gasteiger partial charge on any atom is -0.474 e. The first-order chi connectivity index (χ1) is 12.6. The summed E-state index contributed by atoms with van der Waals surface area (Å²) in [5.74, 6) is 0.359. The average Bonchev–Trinajstić information content (AvgIpc) is 2.59. The minimum atomic E-state index is -3.07. The molecular formula is C17H22ClN5O3S. The molecule has 0 radical (unpaired) electrons. The quantitative estimate of drug-likeness (QED) is 0.275. The Kier molecular flexibility index (Phi) is 6.51. The Balaban J connectivity index is 2.49. The van der Waals surface area contributed by atoms with E-state index in [1.54, 1.807) is 25.4 Å². The Morgan fingerprint density at radius 3 is 2.67 bits per heavy atom. The van der Waals surface area contributed by atoms with Gasteiger partial charge in [-0.05, 0) is 49.2 Å². The van der Waals surface area contributed by atoms with E-state index in [1.807, 2.05) is 13.8 Å². The van der Waals surface area contributed by atoms with Gasteiger partial charge in [0.15, 0.2) is 0 Å². The lowest BCUT2D eigenvalue weighted by Crippen LogP contribution is -2.20. The van der Waals surface area contributed by atoms with Gasteiger partial charge in [0.25, 0.3) is 0 Å². The zero-order valence-electron chi connectivity index (χ0n) is 15.7. The van der Waals surface area contributed by atoms with Gasteiger partial charge in [-0.3, -0.25) is 0 Å². The van der Waals surface area contributed by atoms with Crippen molar-refractivity contribution in [1.82, 2.24) is 9.97 Å². The van der Waals surface area contributed by atoms with Crippen LogP contribution in [0, 0.1) is 0 Å². The van der Waals surface area contributed by atoms with Crippen LogP contribution in [0.5, 0.6) is 5.88 Å². The lowest BCUT2D eigenvalue weighted by molar-refractivity contribution is 0.212. The van der Waals surface area contributed by atoms with Gasteiger partial charge in [-0.2, -0.15) is 0 Å². The molecule has 0 bridgehead atoms. The van der Waals surface area contributed by atoms with Gasteiger partial charge in [-0.25, -0.2) is 18.4 Å². The van der Waals surface area contributed by atoms with Gasteiger partial charge in [0, 0.05) is 23.6 Å². The summed E-state index contributed by atoms with van der Waals surface area (Å²) in [4.78, 5) is 11.4. The number of aromatic nitrogens is 2. The number of sulfone groups is 1. The molecule has 8 nitrogen and oxygen atoms in total. The number of rotatable bonds is 8. The summed E-state index contributed by atoms with van der Waals surface area (Å²) in [6, 6.07) is 1.68. The summed E-state index contributed by atoms with van der Waals surface area (Å²) >= 11 is 6.08. The standard InChI is InChI=1S/C17H22ClN5O3S/c1-5-17(3,22-23-19)14-10-21-16(13-9-20-15(18)8-12(13)14)26-11(2)6-7-27(4,24)25/h8-11H,5-7H2,1-4H3/t11-,17?/m1/s1. The van der Waals surface area contributed by atoms with Crippen molar-refractivity contribution < 1.29 is 13.2 Å². The van der Waals surface area contributed by atoms with E-state index in [1.165, 1.54) is 6.26 Å². The maximum Gasteiger partial charge on any atom is 0.223 e. The molecule has 0 aliphatic heterocycles. The Bertz CT molecular complexity index is 991. The second kappa shape index (κ2) is 8.29. The molecule has 0 N–H and O–H groups in total. The number of nitrogens with zero attached hydrogens (tertiary/aromatic N) is 5. The van der Waals surface area contributed by atoms with Crippen LogP contribution in [0.4, 0.5) is 0 Å². The van der Waals surface area contributed by atoms with Crippen LogP contribution in [0.1, 0.15) is 39.2 Å². The minimum absolute atomic E-state index is 0.0268. The Morgan fingerprint density at radius 1 is 1.37 bits per heavy atom. The predicted molar refractivity (Wildman–Crippen MR) is 106 cm³/mol. The number of hydrogen-bond donors (Lipinski definition) is 0. The molecular weight excluding hydrogens is 390 g/mol. The predicted octanol–water partition coefficient (Wildman–Crippen LogP) is 4.42. The van der Waals surface area contributed by atoms with Gasteiger partial charge >= 0.3 is 0 Å². The van der Waals surface area contributed by atoms with Crippen LogP contribution in [-0.4, -0.2) is 36.5 Å². The van der Waals surface area contributed by atoms with Crippen molar-refractivity contribution in [3.05, 3.63) is 39.6 Å². The second-order valence-electron chi connectivity index (χ2n) is 6.69. The van der Waals surface area contributed by atoms with Crippen LogP contribution in [0.3, 0.4) is 0 Å². The molecule has 27 heavy (non-hydrogen) atoms. The molecule has 1 unspecified atom stereocenters. The van der Waals surface area contributed by atoms with Crippen molar-refractivity contribution in [1.29, 1.82) is 0 Å². The third-order valence-corrected chi connectivity index (χ3v) is 5.63. The molecule has 0 aromatic carbocycles. The normalized spacial score (nSPS) is 15.0. The monoisotopic (exact) mass is 411 g/mol. The fraction of sp³-hybridized carbons (Fsp3) is 0.529. The van der Waals surface area contributed by atoms with E-state index in [9.17, 15) is 8.42 Å². The fourth-order valence-corrected chi connectivity index (χ4v) is 3.57. The van der Waals surface area contributed by atoms with Crippen LogP contribution < -0.4 is 4.74 Å². The highest BCUT2D eigenvalue weighted by molar-refractivity contribution is 7.90. The summed E-state index contributed by atoms with van der Waals surface area (Å²) in [5, 5.41) is 5.59. The van der Waals surface area contributed by atoms with E-state index in [-0.39, 0.29) is 11.9 Å². The lowest BCUT2D eigenvalue weighted by atomic mass is 9.88. The third kappa shape index (κ3) is 5.22. The summed E-state index contributed by atoms with van der Waals surface area (Å²) in [5.41, 5.74) is 8.87. The maximum atomic E-state index is 11.4. The molecule has 0 aliphatic carbocycles. The SMILES string of the molecule is CCC(C)(N=[N+]=[N-])c1cnc(O[C@H](C)CCS(C)(=O)=O)c2cnc(Cl)cc12. The van der Waals surface area contributed by atoms with Crippen molar-refractivity contribution in [3.8, 4) is 5.88 Å². The molecule has 0 saturated carbocycles.